The Balaban J connectivity index is 1.35. The van der Waals surface area contributed by atoms with Crippen molar-refractivity contribution in [2.75, 3.05) is 28.4 Å². The van der Waals surface area contributed by atoms with Gasteiger partial charge in [0, 0.05) is 12.1 Å². The molecular weight excluding hydrogens is 524 g/mol. The maximum atomic E-state index is 12.9. The molecule has 198 valence electrons. The van der Waals surface area contributed by atoms with Gasteiger partial charge in [-0.2, -0.15) is 0 Å². The number of hydrogen-bond donors (Lipinski definition) is 3. The molecule has 0 aliphatic heterocycles. The first-order valence-corrected chi connectivity index (χ1v) is 13.4. The number of aromatic nitrogens is 1. The van der Waals surface area contributed by atoms with Gasteiger partial charge in [0.05, 0.1) is 27.5 Å². The molecule has 8 nitrogen and oxygen atoms in total. The van der Waals surface area contributed by atoms with E-state index in [0.717, 1.165) is 26.7 Å². The topological polar surface area (TPSA) is 102 Å². The lowest BCUT2D eigenvalue weighted by Gasteiger charge is -2.20. The first kappa shape index (κ1) is 27.2. The molecule has 2 amide bonds. The van der Waals surface area contributed by atoms with Crippen LogP contribution in [0.3, 0.4) is 0 Å². The number of para-hydroxylation sites is 2. The van der Waals surface area contributed by atoms with Gasteiger partial charge in [-0.15, -0.1) is 11.6 Å². The normalized spacial score (nSPS) is 11.2. The zero-order valence-corrected chi connectivity index (χ0v) is 22.9. The molecule has 0 fully saturated rings. The molecule has 1 heterocycles. The number of nitrogens with one attached hydrogen (secondary N) is 3. The Kier molecular flexibility index (Phi) is 8.70. The van der Waals surface area contributed by atoms with Crippen molar-refractivity contribution in [2.45, 2.75) is 32.9 Å². The van der Waals surface area contributed by atoms with E-state index in [-0.39, 0.29) is 5.91 Å². The van der Waals surface area contributed by atoms with Crippen molar-refractivity contribution in [1.82, 2.24) is 4.98 Å². The van der Waals surface area contributed by atoms with Crippen LogP contribution in [0.1, 0.15) is 36.7 Å². The molecule has 0 aliphatic carbocycles. The van der Waals surface area contributed by atoms with E-state index < -0.39 is 11.7 Å². The van der Waals surface area contributed by atoms with Crippen LogP contribution in [0, 0.1) is 0 Å². The van der Waals surface area contributed by atoms with E-state index in [9.17, 15) is 9.59 Å². The summed E-state index contributed by atoms with van der Waals surface area (Å²) in [6.45, 7) is 6.37. The largest absolute Gasteiger partial charge is 0.492 e. The molecule has 4 rings (SSSR count). The highest BCUT2D eigenvalue weighted by atomic mass is 35.5. The summed E-state index contributed by atoms with van der Waals surface area (Å²) < 4.78 is 11.9. The summed E-state index contributed by atoms with van der Waals surface area (Å²) in [5.41, 5.74) is 2.67. The lowest BCUT2D eigenvalue weighted by atomic mass is 10.1. The van der Waals surface area contributed by atoms with Gasteiger partial charge in [0.15, 0.2) is 5.13 Å². The molecule has 0 unspecified atom stereocenters. The van der Waals surface area contributed by atoms with Crippen LogP contribution in [-0.2, 0) is 11.3 Å². The summed E-state index contributed by atoms with van der Waals surface area (Å²) in [7, 11) is 0. The number of benzene rings is 3. The third-order valence-corrected chi connectivity index (χ3v) is 6.31. The molecule has 4 aromatic rings. The predicted molar refractivity (Wildman–Crippen MR) is 154 cm³/mol. The number of carbonyl (C=O) groups excluding carboxylic acids is 2. The standard InChI is InChI=1S/C28H29ClN4O4S/c1-28(2,3)37-27(35)33-22-7-5-4-6-21(22)31-25(34)19-10-8-18(9-11-19)17-30-26-32-23-13-12-20(36-15-14-29)16-24(23)38-26/h4-13,16H,14-15,17H2,1-3H3,(H,30,32)(H,31,34)(H,33,35). The molecule has 0 aliphatic rings. The number of amides is 2. The van der Waals surface area contributed by atoms with Crippen LogP contribution < -0.4 is 20.7 Å². The van der Waals surface area contributed by atoms with E-state index in [1.54, 1.807) is 68.5 Å². The molecule has 0 saturated carbocycles. The number of nitrogens with zero attached hydrogens (tertiary/aromatic N) is 1. The number of fused-ring (bicyclic) bond motifs is 1. The highest BCUT2D eigenvalue weighted by Gasteiger charge is 2.18. The average molecular weight is 553 g/mol. The minimum absolute atomic E-state index is 0.290. The minimum Gasteiger partial charge on any atom is -0.492 e. The van der Waals surface area contributed by atoms with E-state index in [0.29, 0.717) is 36.0 Å². The molecule has 0 bridgehead atoms. The molecule has 0 atom stereocenters. The van der Waals surface area contributed by atoms with Crippen molar-refractivity contribution in [2.24, 2.45) is 0 Å². The summed E-state index contributed by atoms with van der Waals surface area (Å²) in [4.78, 5) is 29.7. The number of hydrogen-bond acceptors (Lipinski definition) is 7. The van der Waals surface area contributed by atoms with Crippen LogP contribution in [-0.4, -0.2) is 35.1 Å². The molecule has 0 saturated heterocycles. The highest BCUT2D eigenvalue weighted by Crippen LogP contribution is 2.29. The smallest absolute Gasteiger partial charge is 0.412 e. The summed E-state index contributed by atoms with van der Waals surface area (Å²) in [5, 5.41) is 9.67. The van der Waals surface area contributed by atoms with E-state index in [2.05, 4.69) is 20.9 Å². The van der Waals surface area contributed by atoms with E-state index in [1.165, 1.54) is 0 Å². The SMILES string of the molecule is CC(C)(C)OC(=O)Nc1ccccc1NC(=O)c1ccc(CNc2nc3ccc(OCCCl)cc3s2)cc1. The van der Waals surface area contributed by atoms with E-state index in [1.807, 2.05) is 30.3 Å². The average Bonchev–Trinajstić information content (AvgIpc) is 3.29. The van der Waals surface area contributed by atoms with Gasteiger partial charge in [-0.1, -0.05) is 35.6 Å². The number of ether oxygens (including phenoxy) is 2. The number of anilines is 3. The Hall–Kier alpha value is -3.82. The van der Waals surface area contributed by atoms with Crippen molar-refractivity contribution in [3.8, 4) is 5.75 Å². The molecule has 0 radical (unpaired) electrons. The fraction of sp³-hybridized carbons (Fsp3) is 0.250. The van der Waals surface area contributed by atoms with Crippen molar-refractivity contribution in [3.05, 3.63) is 77.9 Å². The van der Waals surface area contributed by atoms with Crippen molar-refractivity contribution >= 4 is 61.7 Å². The van der Waals surface area contributed by atoms with Crippen LogP contribution >= 0.6 is 22.9 Å². The highest BCUT2D eigenvalue weighted by molar-refractivity contribution is 7.22. The second-order valence-electron chi connectivity index (χ2n) is 9.36. The molecule has 3 aromatic carbocycles. The van der Waals surface area contributed by atoms with Crippen molar-refractivity contribution in [1.29, 1.82) is 0 Å². The minimum atomic E-state index is -0.630. The quantitative estimate of drug-likeness (QED) is 0.191. The van der Waals surface area contributed by atoms with Gasteiger partial charge in [0.25, 0.3) is 5.91 Å². The third kappa shape index (κ3) is 7.60. The first-order chi connectivity index (χ1) is 18.2. The van der Waals surface area contributed by atoms with Gasteiger partial charge in [0.2, 0.25) is 0 Å². The van der Waals surface area contributed by atoms with Crippen LogP contribution in [0.2, 0.25) is 0 Å². The Bertz CT molecular complexity index is 1420. The number of alkyl halides is 1. The molecule has 38 heavy (non-hydrogen) atoms. The fourth-order valence-corrected chi connectivity index (χ4v) is 4.45. The van der Waals surface area contributed by atoms with Crippen molar-refractivity contribution in [3.63, 3.8) is 0 Å². The van der Waals surface area contributed by atoms with Gasteiger partial charge in [-0.05, 0) is 68.8 Å². The molecule has 3 N–H and O–H groups in total. The summed E-state index contributed by atoms with van der Waals surface area (Å²) >= 11 is 7.24. The van der Waals surface area contributed by atoms with Crippen LogP contribution in [0.4, 0.5) is 21.3 Å². The third-order valence-electron chi connectivity index (χ3n) is 5.18. The molecule has 0 spiro atoms. The zero-order valence-electron chi connectivity index (χ0n) is 21.3. The van der Waals surface area contributed by atoms with Gasteiger partial charge in [-0.3, -0.25) is 10.1 Å². The number of halogens is 1. The molecule has 1 aromatic heterocycles. The van der Waals surface area contributed by atoms with Crippen LogP contribution in [0.25, 0.3) is 10.2 Å². The predicted octanol–water partition coefficient (Wildman–Crippen LogP) is 7.13. The second-order valence-corrected chi connectivity index (χ2v) is 10.8. The van der Waals surface area contributed by atoms with Gasteiger partial charge >= 0.3 is 6.09 Å². The molecular formula is C28H29ClN4O4S. The second kappa shape index (κ2) is 12.1. The van der Waals surface area contributed by atoms with Gasteiger partial charge in [0.1, 0.15) is 18.0 Å². The molecule has 10 heteroatoms. The first-order valence-electron chi connectivity index (χ1n) is 12.0. The summed E-state index contributed by atoms with van der Waals surface area (Å²) in [5.74, 6) is 0.916. The lowest BCUT2D eigenvalue weighted by Crippen LogP contribution is -2.27. The van der Waals surface area contributed by atoms with Crippen LogP contribution in [0.5, 0.6) is 5.75 Å². The van der Waals surface area contributed by atoms with Gasteiger partial charge in [-0.25, -0.2) is 9.78 Å². The fourth-order valence-electron chi connectivity index (χ4n) is 3.49. The Morgan fingerprint density at radius 2 is 1.68 bits per heavy atom. The maximum absolute atomic E-state index is 12.9. The maximum Gasteiger partial charge on any atom is 0.412 e. The van der Waals surface area contributed by atoms with E-state index >= 15 is 0 Å². The summed E-state index contributed by atoms with van der Waals surface area (Å²) in [6.07, 6.45) is -0.593. The number of thiazole rings is 1. The zero-order chi connectivity index (χ0) is 27.1. The lowest BCUT2D eigenvalue weighted by molar-refractivity contribution is 0.0635. The van der Waals surface area contributed by atoms with E-state index in [4.69, 9.17) is 21.1 Å². The number of rotatable bonds is 9. The Morgan fingerprint density at radius 1 is 0.974 bits per heavy atom. The van der Waals surface area contributed by atoms with Crippen LogP contribution in [0.15, 0.2) is 66.7 Å². The van der Waals surface area contributed by atoms with Crippen molar-refractivity contribution < 1.29 is 19.1 Å². The monoisotopic (exact) mass is 552 g/mol. The Labute approximate surface area is 230 Å². The number of carbonyl (C=O) groups is 2. The summed E-state index contributed by atoms with van der Waals surface area (Å²) in [6, 6.07) is 20.0. The van der Waals surface area contributed by atoms with Gasteiger partial charge < -0.3 is 20.1 Å². The Morgan fingerprint density at radius 3 is 2.37 bits per heavy atom.